The van der Waals surface area contributed by atoms with Crippen molar-refractivity contribution in [1.29, 1.82) is 0 Å². The first-order chi connectivity index (χ1) is 9.47. The van der Waals surface area contributed by atoms with E-state index in [4.69, 9.17) is 10.8 Å². The van der Waals surface area contributed by atoms with Gasteiger partial charge in [-0.2, -0.15) is 0 Å². The Morgan fingerprint density at radius 1 is 1.40 bits per heavy atom. The fourth-order valence-corrected chi connectivity index (χ4v) is 2.40. The number of nitrogen functional groups attached to an aromatic ring is 1. The minimum atomic E-state index is -0.749. The number of carbonyl (C=O) groups is 1. The van der Waals surface area contributed by atoms with E-state index in [0.29, 0.717) is 18.7 Å². The number of aromatic nitrogens is 1. The van der Waals surface area contributed by atoms with Crippen molar-refractivity contribution in [2.45, 2.75) is 31.7 Å². The second kappa shape index (κ2) is 5.72. The molecule has 0 saturated heterocycles. The number of carboxylic acid groups (broad SMARTS) is 1. The Hall–Kier alpha value is -2.38. The molecule has 0 aliphatic heterocycles. The molecule has 108 valence electrons. The Kier molecular flexibility index (Phi) is 4.02. The summed E-state index contributed by atoms with van der Waals surface area (Å²) in [4.78, 5) is 24.9. The number of anilines is 2. The highest BCUT2D eigenvalue weighted by molar-refractivity contribution is 5.70. The minimum Gasteiger partial charge on any atom is -0.481 e. The van der Waals surface area contributed by atoms with Gasteiger partial charge in [0.15, 0.2) is 0 Å². The molecule has 2 rings (SSSR count). The summed E-state index contributed by atoms with van der Waals surface area (Å²) in [6.45, 7) is 0. The van der Waals surface area contributed by atoms with Crippen LogP contribution in [-0.4, -0.2) is 27.0 Å². The first-order valence-corrected chi connectivity index (χ1v) is 6.37. The van der Waals surface area contributed by atoms with Crippen molar-refractivity contribution in [1.82, 2.24) is 4.98 Å². The summed E-state index contributed by atoms with van der Waals surface area (Å²) in [5, 5.41) is 22.7. The topological polar surface area (TPSA) is 131 Å². The van der Waals surface area contributed by atoms with E-state index in [1.807, 2.05) is 0 Å². The quantitative estimate of drug-likeness (QED) is 0.564. The normalized spacial score (nSPS) is 22.2. The Morgan fingerprint density at radius 3 is 2.55 bits per heavy atom. The summed E-state index contributed by atoms with van der Waals surface area (Å²) in [6.07, 6.45) is 2.70. The number of nitro groups is 1. The summed E-state index contributed by atoms with van der Waals surface area (Å²) >= 11 is 0. The van der Waals surface area contributed by atoms with Gasteiger partial charge < -0.3 is 16.2 Å². The molecule has 0 atom stereocenters. The molecule has 0 radical (unpaired) electrons. The van der Waals surface area contributed by atoms with Gasteiger partial charge in [0, 0.05) is 12.1 Å². The number of hydrogen-bond acceptors (Lipinski definition) is 6. The van der Waals surface area contributed by atoms with E-state index in [1.54, 1.807) is 0 Å². The van der Waals surface area contributed by atoms with Crippen LogP contribution in [-0.2, 0) is 4.79 Å². The van der Waals surface area contributed by atoms with Gasteiger partial charge in [0.05, 0.1) is 10.8 Å². The van der Waals surface area contributed by atoms with Gasteiger partial charge >= 0.3 is 11.7 Å². The van der Waals surface area contributed by atoms with Crippen LogP contribution >= 0.6 is 0 Å². The maximum Gasteiger partial charge on any atom is 0.311 e. The maximum absolute atomic E-state index is 10.9. The number of pyridine rings is 1. The predicted octanol–water partition coefficient (Wildman–Crippen LogP) is 1.63. The first kappa shape index (κ1) is 14.0. The van der Waals surface area contributed by atoms with Gasteiger partial charge in [-0.1, -0.05) is 0 Å². The molecule has 0 bridgehead atoms. The van der Waals surface area contributed by atoms with E-state index >= 15 is 0 Å². The zero-order valence-electron chi connectivity index (χ0n) is 10.8. The van der Waals surface area contributed by atoms with Crippen LogP contribution < -0.4 is 11.1 Å². The number of aliphatic carboxylic acids is 1. The number of nitrogens with zero attached hydrogens (tertiary/aromatic N) is 2. The molecule has 0 unspecified atom stereocenters. The van der Waals surface area contributed by atoms with Crippen LogP contribution in [0.3, 0.4) is 0 Å². The van der Waals surface area contributed by atoms with Crippen LogP contribution in [0.15, 0.2) is 12.1 Å². The third-order valence-electron chi connectivity index (χ3n) is 3.53. The van der Waals surface area contributed by atoms with Gasteiger partial charge in [-0.15, -0.1) is 0 Å². The molecular weight excluding hydrogens is 264 g/mol. The SMILES string of the molecule is Nc1nc(NC2CCC(C(=O)O)CC2)ccc1[N+](=O)[O-]. The Balaban J connectivity index is 1.96. The van der Waals surface area contributed by atoms with Crippen molar-refractivity contribution in [2.24, 2.45) is 5.92 Å². The average Bonchev–Trinajstić information content (AvgIpc) is 2.39. The fraction of sp³-hybridized carbons (Fsp3) is 0.500. The summed E-state index contributed by atoms with van der Waals surface area (Å²) < 4.78 is 0. The second-order valence-electron chi connectivity index (χ2n) is 4.89. The largest absolute Gasteiger partial charge is 0.481 e. The van der Waals surface area contributed by atoms with Crippen LogP contribution in [0, 0.1) is 16.0 Å². The van der Waals surface area contributed by atoms with E-state index in [2.05, 4.69) is 10.3 Å². The van der Waals surface area contributed by atoms with Crippen molar-refractivity contribution in [3.05, 3.63) is 22.2 Å². The molecule has 1 aliphatic carbocycles. The van der Waals surface area contributed by atoms with Gasteiger partial charge in [0.1, 0.15) is 5.82 Å². The van der Waals surface area contributed by atoms with Crippen molar-refractivity contribution >= 4 is 23.3 Å². The first-order valence-electron chi connectivity index (χ1n) is 6.37. The molecule has 1 aliphatic rings. The van der Waals surface area contributed by atoms with E-state index in [-0.39, 0.29) is 23.5 Å². The lowest BCUT2D eigenvalue weighted by atomic mass is 9.86. The summed E-state index contributed by atoms with van der Waals surface area (Å²) in [5.74, 6) is -0.671. The highest BCUT2D eigenvalue weighted by atomic mass is 16.6. The Morgan fingerprint density at radius 2 is 2.05 bits per heavy atom. The number of carboxylic acids is 1. The van der Waals surface area contributed by atoms with Crippen LogP contribution in [0.4, 0.5) is 17.3 Å². The molecule has 1 heterocycles. The smallest absolute Gasteiger partial charge is 0.311 e. The highest BCUT2D eigenvalue weighted by Gasteiger charge is 2.26. The zero-order valence-corrected chi connectivity index (χ0v) is 10.8. The van der Waals surface area contributed by atoms with E-state index < -0.39 is 10.9 Å². The van der Waals surface area contributed by atoms with E-state index in [0.717, 1.165) is 12.8 Å². The van der Waals surface area contributed by atoms with Crippen LogP contribution in [0.25, 0.3) is 0 Å². The molecule has 8 heteroatoms. The minimum absolute atomic E-state index is 0.124. The number of hydrogen-bond donors (Lipinski definition) is 3. The third kappa shape index (κ3) is 3.14. The van der Waals surface area contributed by atoms with Gasteiger partial charge in [0.25, 0.3) is 0 Å². The standard InChI is InChI=1S/C12H16N4O4/c13-11-9(16(19)20)5-6-10(15-11)14-8-3-1-7(2-4-8)12(17)18/h5-8H,1-4H2,(H,17,18)(H3,13,14,15). The van der Waals surface area contributed by atoms with Crippen LogP contribution in [0.1, 0.15) is 25.7 Å². The summed E-state index contributed by atoms with van der Waals surface area (Å²) in [5.41, 5.74) is 5.30. The molecule has 0 amide bonds. The molecule has 8 nitrogen and oxygen atoms in total. The van der Waals surface area contributed by atoms with Crippen LogP contribution in [0.5, 0.6) is 0 Å². The van der Waals surface area contributed by atoms with Crippen molar-refractivity contribution in [3.63, 3.8) is 0 Å². The number of nitrogens with one attached hydrogen (secondary N) is 1. The van der Waals surface area contributed by atoms with Gasteiger partial charge in [-0.3, -0.25) is 14.9 Å². The average molecular weight is 280 g/mol. The van der Waals surface area contributed by atoms with Crippen molar-refractivity contribution in [2.75, 3.05) is 11.1 Å². The van der Waals surface area contributed by atoms with Gasteiger partial charge in [-0.05, 0) is 31.7 Å². The monoisotopic (exact) mass is 280 g/mol. The summed E-state index contributed by atoms with van der Waals surface area (Å²) in [7, 11) is 0. The lowest BCUT2D eigenvalue weighted by molar-refractivity contribution is -0.384. The zero-order chi connectivity index (χ0) is 14.7. The van der Waals surface area contributed by atoms with Crippen molar-refractivity contribution in [3.8, 4) is 0 Å². The molecular formula is C12H16N4O4. The molecule has 1 saturated carbocycles. The Labute approximate surface area is 115 Å². The number of nitrogens with two attached hydrogens (primary N) is 1. The molecule has 1 aromatic heterocycles. The van der Waals surface area contributed by atoms with Gasteiger partial charge in [-0.25, -0.2) is 4.98 Å². The predicted molar refractivity (Wildman–Crippen MR) is 72.3 cm³/mol. The third-order valence-corrected chi connectivity index (χ3v) is 3.53. The van der Waals surface area contributed by atoms with Crippen molar-refractivity contribution < 1.29 is 14.8 Å². The maximum atomic E-state index is 10.9. The second-order valence-corrected chi connectivity index (χ2v) is 4.89. The molecule has 1 fully saturated rings. The van der Waals surface area contributed by atoms with Crippen LogP contribution in [0.2, 0.25) is 0 Å². The number of rotatable bonds is 4. The fourth-order valence-electron chi connectivity index (χ4n) is 2.40. The molecule has 4 N–H and O–H groups in total. The Bertz CT molecular complexity index is 526. The molecule has 1 aromatic rings. The molecule has 0 aromatic carbocycles. The molecule has 0 spiro atoms. The lowest BCUT2D eigenvalue weighted by Crippen LogP contribution is -2.29. The lowest BCUT2D eigenvalue weighted by Gasteiger charge is -2.27. The highest BCUT2D eigenvalue weighted by Crippen LogP contribution is 2.27. The van der Waals surface area contributed by atoms with E-state index in [1.165, 1.54) is 12.1 Å². The van der Waals surface area contributed by atoms with E-state index in [9.17, 15) is 14.9 Å². The summed E-state index contributed by atoms with van der Waals surface area (Å²) in [6, 6.07) is 2.95. The van der Waals surface area contributed by atoms with Gasteiger partial charge in [0.2, 0.25) is 5.82 Å². The molecule has 20 heavy (non-hydrogen) atoms.